The van der Waals surface area contributed by atoms with Gasteiger partial charge in [-0.05, 0) is 65.6 Å². The summed E-state index contributed by atoms with van der Waals surface area (Å²) in [5.41, 5.74) is 1.89. The maximum atomic E-state index is 12.2. The molecule has 0 radical (unpaired) electrons. The standard InChI is InChI=1S/C15H20BrNOS/c1-3-19-12-6-5-11(9-12)17-15(18)13-7-4-10(2)8-14(13)16/h4,7-8,11-12H,3,5-6,9H2,1-2H3,(H,17,18). The second-order valence-corrected chi connectivity index (χ2v) is 7.48. The molecule has 0 aliphatic heterocycles. The Hall–Kier alpha value is -0.480. The quantitative estimate of drug-likeness (QED) is 0.890. The molecule has 1 amide bonds. The number of amides is 1. The molecule has 0 heterocycles. The third-order valence-corrected chi connectivity index (χ3v) is 5.38. The third kappa shape index (κ3) is 3.99. The van der Waals surface area contributed by atoms with E-state index in [1.54, 1.807) is 0 Å². The molecule has 1 aliphatic carbocycles. The van der Waals surface area contributed by atoms with E-state index in [1.807, 2.05) is 36.9 Å². The normalized spacial score (nSPS) is 22.5. The van der Waals surface area contributed by atoms with E-state index in [4.69, 9.17) is 0 Å². The minimum absolute atomic E-state index is 0.0408. The zero-order chi connectivity index (χ0) is 13.8. The molecule has 0 aromatic heterocycles. The molecule has 0 saturated heterocycles. The number of nitrogens with one attached hydrogen (secondary N) is 1. The number of thioether (sulfide) groups is 1. The van der Waals surface area contributed by atoms with Crippen LogP contribution in [0, 0.1) is 6.92 Å². The van der Waals surface area contributed by atoms with Crippen molar-refractivity contribution in [2.75, 3.05) is 5.75 Å². The van der Waals surface area contributed by atoms with Crippen molar-refractivity contribution in [3.8, 4) is 0 Å². The molecule has 0 bridgehead atoms. The van der Waals surface area contributed by atoms with Gasteiger partial charge < -0.3 is 5.32 Å². The van der Waals surface area contributed by atoms with E-state index in [9.17, 15) is 4.79 Å². The highest BCUT2D eigenvalue weighted by atomic mass is 79.9. The number of aryl methyl sites for hydroxylation is 1. The minimum atomic E-state index is 0.0408. The van der Waals surface area contributed by atoms with Crippen LogP contribution < -0.4 is 5.32 Å². The van der Waals surface area contributed by atoms with E-state index in [-0.39, 0.29) is 5.91 Å². The van der Waals surface area contributed by atoms with E-state index in [0.29, 0.717) is 6.04 Å². The smallest absolute Gasteiger partial charge is 0.252 e. The maximum absolute atomic E-state index is 12.2. The Morgan fingerprint density at radius 3 is 2.95 bits per heavy atom. The van der Waals surface area contributed by atoms with Crippen LogP contribution in [0.5, 0.6) is 0 Å². The predicted molar refractivity (Wildman–Crippen MR) is 85.9 cm³/mol. The summed E-state index contributed by atoms with van der Waals surface area (Å²) in [7, 11) is 0. The van der Waals surface area contributed by atoms with Crippen LogP contribution in [0.1, 0.15) is 42.1 Å². The molecule has 2 atom stereocenters. The second-order valence-electron chi connectivity index (χ2n) is 5.04. The number of benzene rings is 1. The fourth-order valence-corrected chi connectivity index (χ4v) is 4.34. The molecule has 1 saturated carbocycles. The van der Waals surface area contributed by atoms with Crippen molar-refractivity contribution in [1.29, 1.82) is 0 Å². The average Bonchev–Trinajstić information content (AvgIpc) is 2.76. The summed E-state index contributed by atoms with van der Waals surface area (Å²) in [4.78, 5) is 12.2. The summed E-state index contributed by atoms with van der Waals surface area (Å²) >= 11 is 5.48. The van der Waals surface area contributed by atoms with E-state index in [0.717, 1.165) is 39.4 Å². The molecule has 1 aromatic carbocycles. The zero-order valence-electron chi connectivity index (χ0n) is 11.4. The molecule has 2 unspecified atom stereocenters. The molecule has 0 spiro atoms. The number of carbonyl (C=O) groups is 1. The Morgan fingerprint density at radius 1 is 1.47 bits per heavy atom. The van der Waals surface area contributed by atoms with Crippen LogP contribution in [0.3, 0.4) is 0 Å². The lowest BCUT2D eigenvalue weighted by Crippen LogP contribution is -2.33. The van der Waals surface area contributed by atoms with Crippen molar-refractivity contribution in [2.24, 2.45) is 0 Å². The van der Waals surface area contributed by atoms with Crippen molar-refractivity contribution >= 4 is 33.6 Å². The third-order valence-electron chi connectivity index (χ3n) is 3.49. The van der Waals surface area contributed by atoms with Crippen LogP contribution >= 0.6 is 27.7 Å². The molecule has 1 aromatic rings. The van der Waals surface area contributed by atoms with Crippen molar-refractivity contribution in [1.82, 2.24) is 5.32 Å². The first-order valence-electron chi connectivity index (χ1n) is 6.78. The van der Waals surface area contributed by atoms with Gasteiger partial charge in [-0.2, -0.15) is 11.8 Å². The summed E-state index contributed by atoms with van der Waals surface area (Å²) in [6.07, 6.45) is 3.43. The number of halogens is 1. The summed E-state index contributed by atoms with van der Waals surface area (Å²) in [5.74, 6) is 1.20. The summed E-state index contributed by atoms with van der Waals surface area (Å²) < 4.78 is 0.877. The second kappa shape index (κ2) is 6.80. The van der Waals surface area contributed by atoms with Gasteiger partial charge in [0.25, 0.3) is 5.91 Å². The molecule has 4 heteroatoms. The molecule has 2 rings (SSSR count). The lowest BCUT2D eigenvalue weighted by molar-refractivity contribution is 0.0937. The lowest BCUT2D eigenvalue weighted by atomic mass is 10.1. The fraction of sp³-hybridized carbons (Fsp3) is 0.533. The SMILES string of the molecule is CCSC1CCC(NC(=O)c2ccc(C)cc2Br)C1. The molecular weight excluding hydrogens is 322 g/mol. The molecule has 104 valence electrons. The monoisotopic (exact) mass is 341 g/mol. The van der Waals surface area contributed by atoms with Crippen LogP contribution in [0.4, 0.5) is 0 Å². The van der Waals surface area contributed by atoms with Crippen molar-refractivity contribution in [3.05, 3.63) is 33.8 Å². The van der Waals surface area contributed by atoms with Crippen molar-refractivity contribution < 1.29 is 4.79 Å². The molecule has 1 N–H and O–H groups in total. The van der Waals surface area contributed by atoms with E-state index < -0.39 is 0 Å². The predicted octanol–water partition coefficient (Wildman–Crippen LogP) is 4.16. The van der Waals surface area contributed by atoms with Crippen LogP contribution in [-0.2, 0) is 0 Å². The minimum Gasteiger partial charge on any atom is -0.349 e. The van der Waals surface area contributed by atoms with Gasteiger partial charge in [0.05, 0.1) is 5.56 Å². The summed E-state index contributed by atoms with van der Waals surface area (Å²) in [5, 5.41) is 3.88. The average molecular weight is 342 g/mol. The first kappa shape index (κ1) is 14.9. The van der Waals surface area contributed by atoms with Crippen LogP contribution in [0.15, 0.2) is 22.7 Å². The molecule has 2 nitrogen and oxygen atoms in total. The number of carbonyl (C=O) groups excluding carboxylic acids is 1. The van der Waals surface area contributed by atoms with Gasteiger partial charge in [-0.3, -0.25) is 4.79 Å². The van der Waals surface area contributed by atoms with Crippen LogP contribution in [0.25, 0.3) is 0 Å². The highest BCUT2D eigenvalue weighted by Gasteiger charge is 2.26. The number of hydrogen-bond donors (Lipinski definition) is 1. The first-order valence-corrected chi connectivity index (χ1v) is 8.63. The fourth-order valence-electron chi connectivity index (χ4n) is 2.53. The maximum Gasteiger partial charge on any atom is 0.252 e. The zero-order valence-corrected chi connectivity index (χ0v) is 13.8. The van der Waals surface area contributed by atoms with E-state index >= 15 is 0 Å². The Labute approximate surface area is 127 Å². The Balaban J connectivity index is 1.94. The first-order chi connectivity index (χ1) is 9.10. The highest BCUT2D eigenvalue weighted by Crippen LogP contribution is 2.30. The molecule has 1 fully saturated rings. The van der Waals surface area contributed by atoms with Gasteiger partial charge in [0.15, 0.2) is 0 Å². The Morgan fingerprint density at radius 2 is 2.26 bits per heavy atom. The van der Waals surface area contributed by atoms with Gasteiger partial charge in [0, 0.05) is 15.8 Å². The lowest BCUT2D eigenvalue weighted by Gasteiger charge is -2.14. The topological polar surface area (TPSA) is 29.1 Å². The largest absolute Gasteiger partial charge is 0.349 e. The van der Waals surface area contributed by atoms with Gasteiger partial charge >= 0.3 is 0 Å². The highest BCUT2D eigenvalue weighted by molar-refractivity contribution is 9.10. The van der Waals surface area contributed by atoms with Gasteiger partial charge in [0.1, 0.15) is 0 Å². The Bertz CT molecular complexity index is 463. The van der Waals surface area contributed by atoms with Gasteiger partial charge in [-0.1, -0.05) is 13.0 Å². The Kier molecular flexibility index (Phi) is 5.34. The van der Waals surface area contributed by atoms with Crippen molar-refractivity contribution in [3.63, 3.8) is 0 Å². The van der Waals surface area contributed by atoms with E-state index in [2.05, 4.69) is 28.2 Å². The van der Waals surface area contributed by atoms with Gasteiger partial charge in [0.2, 0.25) is 0 Å². The van der Waals surface area contributed by atoms with Crippen LogP contribution in [0.2, 0.25) is 0 Å². The van der Waals surface area contributed by atoms with Gasteiger partial charge in [-0.25, -0.2) is 0 Å². The molecular formula is C15H20BrNOS. The number of hydrogen-bond acceptors (Lipinski definition) is 2. The summed E-state index contributed by atoms with van der Waals surface area (Å²) in [6.45, 7) is 4.22. The van der Waals surface area contributed by atoms with Crippen LogP contribution in [-0.4, -0.2) is 23.0 Å². The van der Waals surface area contributed by atoms with Crippen molar-refractivity contribution in [2.45, 2.75) is 44.4 Å². The van der Waals surface area contributed by atoms with Gasteiger partial charge in [-0.15, -0.1) is 0 Å². The summed E-state index contributed by atoms with van der Waals surface area (Å²) in [6, 6.07) is 6.19. The molecule has 19 heavy (non-hydrogen) atoms. The number of rotatable bonds is 4. The molecule has 1 aliphatic rings. The van der Waals surface area contributed by atoms with E-state index in [1.165, 1.54) is 6.42 Å².